The second-order valence-corrected chi connectivity index (χ2v) is 8.80. The van der Waals surface area contributed by atoms with E-state index in [-0.39, 0.29) is 6.04 Å². The van der Waals surface area contributed by atoms with Crippen LogP contribution < -0.4 is 10.0 Å². The van der Waals surface area contributed by atoms with Gasteiger partial charge in [0, 0.05) is 18.3 Å². The molecule has 2 rings (SSSR count). The van der Waals surface area contributed by atoms with Crippen molar-refractivity contribution in [3.63, 3.8) is 0 Å². The van der Waals surface area contributed by atoms with E-state index in [1.165, 1.54) is 5.56 Å². The van der Waals surface area contributed by atoms with Crippen LogP contribution in [0.15, 0.2) is 35.2 Å². The molecule has 0 aliphatic carbocycles. The van der Waals surface area contributed by atoms with Crippen molar-refractivity contribution in [2.75, 3.05) is 11.9 Å². The van der Waals surface area contributed by atoms with Gasteiger partial charge in [0.2, 0.25) is 10.0 Å². The monoisotopic (exact) mass is 374 g/mol. The Balaban J connectivity index is 2.16. The predicted octanol–water partition coefficient (Wildman–Crippen LogP) is 4.40. The molecule has 4 nitrogen and oxygen atoms in total. The summed E-state index contributed by atoms with van der Waals surface area (Å²) in [6, 6.07) is 9.86. The Bertz CT molecular complexity index is 866. The SMILES string of the molecule is CCC(CNc1ccc(C)cc1C)NS(=O)(=O)c1c(C)cc(C)cc1C. The number of hydrogen-bond acceptors (Lipinski definition) is 3. The Hall–Kier alpha value is -1.85. The third-order valence-corrected chi connectivity index (χ3v) is 6.43. The normalized spacial score (nSPS) is 12.8. The van der Waals surface area contributed by atoms with E-state index in [4.69, 9.17) is 0 Å². The van der Waals surface area contributed by atoms with Gasteiger partial charge in [-0.15, -0.1) is 0 Å². The molecule has 142 valence electrons. The smallest absolute Gasteiger partial charge is 0.241 e. The van der Waals surface area contributed by atoms with Gasteiger partial charge in [-0.3, -0.25) is 0 Å². The van der Waals surface area contributed by atoms with Crippen LogP contribution in [0.25, 0.3) is 0 Å². The molecule has 2 aromatic rings. The fraction of sp³-hybridized carbons (Fsp3) is 0.429. The highest BCUT2D eigenvalue weighted by molar-refractivity contribution is 7.89. The number of anilines is 1. The first-order chi connectivity index (χ1) is 12.1. The zero-order valence-electron chi connectivity index (χ0n) is 16.6. The van der Waals surface area contributed by atoms with Crippen LogP contribution in [0.3, 0.4) is 0 Å². The van der Waals surface area contributed by atoms with Gasteiger partial charge in [0.25, 0.3) is 0 Å². The van der Waals surface area contributed by atoms with Crippen molar-refractivity contribution in [1.82, 2.24) is 4.72 Å². The first-order valence-corrected chi connectivity index (χ1v) is 10.5. The maximum Gasteiger partial charge on any atom is 0.241 e. The molecule has 1 atom stereocenters. The molecule has 0 aliphatic rings. The van der Waals surface area contributed by atoms with Crippen LogP contribution in [0.4, 0.5) is 5.69 Å². The first kappa shape index (κ1) is 20.5. The number of hydrogen-bond donors (Lipinski definition) is 2. The molecule has 0 bridgehead atoms. The van der Waals surface area contributed by atoms with Crippen molar-refractivity contribution in [3.8, 4) is 0 Å². The minimum Gasteiger partial charge on any atom is -0.383 e. The highest BCUT2D eigenvalue weighted by Crippen LogP contribution is 2.22. The van der Waals surface area contributed by atoms with E-state index in [9.17, 15) is 8.42 Å². The Kier molecular flexibility index (Phi) is 6.48. The summed E-state index contributed by atoms with van der Waals surface area (Å²) in [4.78, 5) is 0.396. The molecule has 0 heterocycles. The van der Waals surface area contributed by atoms with E-state index in [1.54, 1.807) is 0 Å². The van der Waals surface area contributed by atoms with Crippen LogP contribution in [-0.2, 0) is 10.0 Å². The molecule has 2 N–H and O–H groups in total. The van der Waals surface area contributed by atoms with Gasteiger partial charge in [0.05, 0.1) is 4.90 Å². The Morgan fingerprint density at radius 2 is 1.46 bits per heavy atom. The minimum atomic E-state index is -3.56. The summed E-state index contributed by atoms with van der Waals surface area (Å²) in [5.74, 6) is 0. The van der Waals surface area contributed by atoms with Crippen LogP contribution in [0.1, 0.15) is 41.2 Å². The van der Waals surface area contributed by atoms with Crippen molar-refractivity contribution >= 4 is 15.7 Å². The number of aryl methyl sites for hydroxylation is 5. The van der Waals surface area contributed by atoms with Crippen LogP contribution in [0.2, 0.25) is 0 Å². The van der Waals surface area contributed by atoms with Crippen LogP contribution in [0.5, 0.6) is 0 Å². The molecule has 0 saturated heterocycles. The summed E-state index contributed by atoms with van der Waals surface area (Å²) >= 11 is 0. The summed E-state index contributed by atoms with van der Waals surface area (Å²) in [5.41, 5.74) is 6.05. The van der Waals surface area contributed by atoms with Crippen molar-refractivity contribution in [1.29, 1.82) is 0 Å². The highest BCUT2D eigenvalue weighted by atomic mass is 32.2. The summed E-state index contributed by atoms with van der Waals surface area (Å²) in [6.07, 6.45) is 0.709. The molecular formula is C21H30N2O2S. The molecule has 0 aromatic heterocycles. The van der Waals surface area contributed by atoms with Crippen molar-refractivity contribution < 1.29 is 8.42 Å². The molecule has 1 unspecified atom stereocenters. The lowest BCUT2D eigenvalue weighted by Crippen LogP contribution is -2.39. The lowest BCUT2D eigenvalue weighted by molar-refractivity contribution is 0.547. The first-order valence-electron chi connectivity index (χ1n) is 9.05. The maximum atomic E-state index is 12.9. The average Bonchev–Trinajstić information content (AvgIpc) is 2.51. The van der Waals surface area contributed by atoms with Gasteiger partial charge < -0.3 is 5.32 Å². The van der Waals surface area contributed by atoms with E-state index < -0.39 is 10.0 Å². The van der Waals surface area contributed by atoms with Crippen LogP contribution in [0, 0.1) is 34.6 Å². The minimum absolute atomic E-state index is 0.180. The van der Waals surface area contributed by atoms with Crippen molar-refractivity contribution in [2.45, 2.75) is 58.9 Å². The van der Waals surface area contributed by atoms with E-state index in [2.05, 4.69) is 36.0 Å². The van der Waals surface area contributed by atoms with Gasteiger partial charge in [-0.05, 0) is 63.8 Å². The van der Waals surface area contributed by atoms with Gasteiger partial charge in [0.15, 0.2) is 0 Å². The van der Waals surface area contributed by atoms with E-state index in [0.717, 1.165) is 27.9 Å². The zero-order valence-corrected chi connectivity index (χ0v) is 17.4. The molecule has 0 saturated carbocycles. The molecule has 5 heteroatoms. The Morgan fingerprint density at radius 1 is 0.885 bits per heavy atom. The molecule has 0 fully saturated rings. The van der Waals surface area contributed by atoms with E-state index in [0.29, 0.717) is 17.9 Å². The fourth-order valence-corrected chi connectivity index (χ4v) is 5.16. The van der Waals surface area contributed by atoms with Gasteiger partial charge in [-0.2, -0.15) is 0 Å². The molecule has 0 amide bonds. The third kappa shape index (κ3) is 4.86. The second kappa shape index (κ2) is 8.23. The maximum absolute atomic E-state index is 12.9. The third-order valence-electron chi connectivity index (χ3n) is 4.61. The topological polar surface area (TPSA) is 58.2 Å². The molecular weight excluding hydrogens is 344 g/mol. The van der Waals surface area contributed by atoms with Gasteiger partial charge in [-0.1, -0.05) is 42.3 Å². The summed E-state index contributed by atoms with van der Waals surface area (Å²) in [6.45, 7) is 12.3. The average molecular weight is 375 g/mol. The Morgan fingerprint density at radius 3 is 2.00 bits per heavy atom. The number of rotatable bonds is 7. The lowest BCUT2D eigenvalue weighted by atomic mass is 10.1. The van der Waals surface area contributed by atoms with E-state index in [1.807, 2.05) is 45.9 Å². The second-order valence-electron chi connectivity index (χ2n) is 7.15. The van der Waals surface area contributed by atoms with E-state index >= 15 is 0 Å². The molecule has 0 spiro atoms. The molecule has 0 radical (unpaired) electrons. The van der Waals surface area contributed by atoms with Crippen LogP contribution >= 0.6 is 0 Å². The van der Waals surface area contributed by atoms with Gasteiger partial charge in [-0.25, -0.2) is 13.1 Å². The highest BCUT2D eigenvalue weighted by Gasteiger charge is 2.23. The Labute approximate surface area is 158 Å². The summed E-state index contributed by atoms with van der Waals surface area (Å²) in [7, 11) is -3.56. The van der Waals surface area contributed by atoms with Crippen molar-refractivity contribution in [3.05, 3.63) is 58.1 Å². The summed E-state index contributed by atoms with van der Waals surface area (Å²) < 4.78 is 28.7. The largest absolute Gasteiger partial charge is 0.383 e. The molecule has 0 aliphatic heterocycles. The fourth-order valence-electron chi connectivity index (χ4n) is 3.38. The quantitative estimate of drug-likeness (QED) is 0.755. The number of nitrogens with one attached hydrogen (secondary N) is 2. The van der Waals surface area contributed by atoms with Crippen molar-refractivity contribution in [2.24, 2.45) is 0 Å². The number of benzene rings is 2. The zero-order chi connectivity index (χ0) is 19.5. The number of sulfonamides is 1. The van der Waals surface area contributed by atoms with Gasteiger partial charge >= 0.3 is 0 Å². The summed E-state index contributed by atoms with van der Waals surface area (Å²) in [5, 5.41) is 3.38. The van der Waals surface area contributed by atoms with Gasteiger partial charge in [0.1, 0.15) is 0 Å². The lowest BCUT2D eigenvalue weighted by Gasteiger charge is -2.21. The predicted molar refractivity (Wildman–Crippen MR) is 109 cm³/mol. The molecule has 26 heavy (non-hydrogen) atoms. The standard InChI is InChI=1S/C21H30N2O2S/c1-7-19(13-22-20-9-8-14(2)10-16(20)4)23-26(24,25)21-17(5)11-15(3)12-18(21)6/h8-12,19,22-23H,7,13H2,1-6H3. The molecule has 2 aromatic carbocycles. The van der Waals surface area contributed by atoms with Crippen LogP contribution in [-0.4, -0.2) is 21.0 Å².